The largest absolute Gasteiger partial charge is 0.406 e. The van der Waals surface area contributed by atoms with E-state index >= 15 is 0 Å². The normalized spacial score (nSPS) is 9.54. The van der Waals surface area contributed by atoms with Crippen molar-refractivity contribution in [3.63, 3.8) is 0 Å². The molecule has 0 aliphatic rings. The molecule has 0 aliphatic carbocycles. The van der Waals surface area contributed by atoms with Crippen molar-refractivity contribution in [1.29, 1.82) is 5.26 Å². The summed E-state index contributed by atoms with van der Waals surface area (Å²) in [5.41, 5.74) is 0.901. The van der Waals surface area contributed by atoms with Gasteiger partial charge in [-0.25, -0.2) is 4.57 Å². The molecule has 1 rings (SSSR count). The van der Waals surface area contributed by atoms with E-state index in [-0.39, 0.29) is 12.4 Å². The van der Waals surface area contributed by atoms with Crippen LogP contribution in [0.3, 0.4) is 0 Å². The van der Waals surface area contributed by atoms with E-state index in [0.29, 0.717) is 11.1 Å². The number of aliphatic hydroxyl groups is 1. The molecule has 0 fully saturated rings. The quantitative estimate of drug-likeness (QED) is 0.744. The summed E-state index contributed by atoms with van der Waals surface area (Å²) in [5.74, 6) is 0.214. The summed E-state index contributed by atoms with van der Waals surface area (Å²) in [7, 11) is -0.515. The first-order chi connectivity index (χ1) is 6.31. The molecule has 0 unspecified atom stereocenters. The number of aliphatic hydroxyl groups excluding tert-OH is 1. The third-order valence-corrected chi connectivity index (χ3v) is 1.76. The Bertz CT molecular complexity index is 359. The van der Waals surface area contributed by atoms with Gasteiger partial charge in [-0.1, -0.05) is 6.07 Å². The maximum absolute atomic E-state index is 10.1. The van der Waals surface area contributed by atoms with Gasteiger partial charge >= 0.3 is 8.69 Å². The van der Waals surface area contributed by atoms with Crippen LogP contribution in [0.5, 0.6) is 5.75 Å². The van der Waals surface area contributed by atoms with Gasteiger partial charge in [0.15, 0.2) is 5.75 Å². The third-order valence-electron chi connectivity index (χ3n) is 1.48. The molecule has 0 heterocycles. The van der Waals surface area contributed by atoms with Crippen LogP contribution in [-0.4, -0.2) is 5.11 Å². The standard InChI is InChI=1S/C8H6NO3P/c9-4-7-2-1-6(5-10)3-8(7)12-13-11/h1-3,10H,5H2. The second-order valence-corrected chi connectivity index (χ2v) is 2.60. The van der Waals surface area contributed by atoms with Crippen molar-refractivity contribution < 1.29 is 14.2 Å². The molecule has 66 valence electrons. The fourth-order valence-corrected chi connectivity index (χ4v) is 1.10. The highest BCUT2D eigenvalue weighted by Crippen LogP contribution is 2.22. The number of nitriles is 1. The van der Waals surface area contributed by atoms with Gasteiger partial charge in [0.25, 0.3) is 0 Å². The Hall–Kier alpha value is -1.43. The third kappa shape index (κ3) is 2.25. The lowest BCUT2D eigenvalue weighted by Crippen LogP contribution is -1.87. The van der Waals surface area contributed by atoms with Crippen LogP contribution in [0.2, 0.25) is 0 Å². The van der Waals surface area contributed by atoms with Gasteiger partial charge in [0.1, 0.15) is 6.07 Å². The van der Waals surface area contributed by atoms with Gasteiger partial charge in [-0.15, -0.1) is 0 Å². The minimum absolute atomic E-state index is 0.141. The van der Waals surface area contributed by atoms with Crippen LogP contribution in [0.25, 0.3) is 0 Å². The Kier molecular flexibility index (Phi) is 3.39. The zero-order valence-corrected chi connectivity index (χ0v) is 7.49. The lowest BCUT2D eigenvalue weighted by molar-refractivity contribution is 0.281. The monoisotopic (exact) mass is 195 g/mol. The Morgan fingerprint density at radius 2 is 2.38 bits per heavy atom. The molecule has 4 nitrogen and oxygen atoms in total. The van der Waals surface area contributed by atoms with Crippen LogP contribution in [0.4, 0.5) is 0 Å². The fourth-order valence-electron chi connectivity index (χ4n) is 0.873. The van der Waals surface area contributed by atoms with E-state index in [1.165, 1.54) is 12.1 Å². The lowest BCUT2D eigenvalue weighted by Gasteiger charge is -2.01. The van der Waals surface area contributed by atoms with Crippen molar-refractivity contribution in [3.8, 4) is 11.8 Å². The SMILES string of the molecule is N#Cc1ccc(CO)cc1OP=O. The van der Waals surface area contributed by atoms with Gasteiger partial charge < -0.3 is 9.63 Å². The van der Waals surface area contributed by atoms with Crippen LogP contribution in [-0.2, 0) is 11.2 Å². The van der Waals surface area contributed by atoms with Gasteiger partial charge in [0.05, 0.1) is 12.2 Å². The molecular formula is C8H6NO3P. The molecule has 0 radical (unpaired) electrons. The zero-order valence-electron chi connectivity index (χ0n) is 6.60. The highest BCUT2D eigenvalue weighted by molar-refractivity contribution is 7.17. The molecule has 0 bridgehead atoms. The summed E-state index contributed by atoms with van der Waals surface area (Å²) < 4.78 is 14.8. The van der Waals surface area contributed by atoms with Crippen LogP contribution in [0.15, 0.2) is 18.2 Å². The molecule has 0 aliphatic heterocycles. The van der Waals surface area contributed by atoms with E-state index in [9.17, 15) is 4.57 Å². The number of nitrogens with zero attached hydrogens (tertiary/aromatic N) is 1. The molecule has 0 aromatic heterocycles. The summed E-state index contributed by atoms with van der Waals surface area (Å²) in [6.45, 7) is -0.141. The maximum Gasteiger partial charge on any atom is 0.395 e. The number of benzene rings is 1. The molecule has 1 aromatic rings. The first kappa shape index (κ1) is 9.66. The molecule has 0 amide bonds. The minimum Gasteiger partial charge on any atom is -0.406 e. The fraction of sp³-hybridized carbons (Fsp3) is 0.125. The predicted octanol–water partition coefficient (Wildman–Crippen LogP) is 1.64. The van der Waals surface area contributed by atoms with Gasteiger partial charge in [-0.3, -0.25) is 0 Å². The predicted molar refractivity (Wildman–Crippen MR) is 45.3 cm³/mol. The van der Waals surface area contributed by atoms with E-state index in [0.717, 1.165) is 0 Å². The molecule has 5 heteroatoms. The molecular weight excluding hydrogens is 189 g/mol. The first-order valence-corrected chi connectivity index (χ1v) is 4.18. The second-order valence-electron chi connectivity index (χ2n) is 2.27. The topological polar surface area (TPSA) is 70.3 Å². The summed E-state index contributed by atoms with van der Waals surface area (Å²) in [6.07, 6.45) is 0. The van der Waals surface area contributed by atoms with Crippen molar-refractivity contribution in [2.24, 2.45) is 0 Å². The summed E-state index contributed by atoms with van der Waals surface area (Å²) in [4.78, 5) is 0. The highest BCUT2D eigenvalue weighted by atomic mass is 31.1. The van der Waals surface area contributed by atoms with Crippen molar-refractivity contribution >= 4 is 8.69 Å². The summed E-state index contributed by atoms with van der Waals surface area (Å²) >= 11 is 0. The Balaban J connectivity index is 3.11. The average Bonchev–Trinajstić information content (AvgIpc) is 2.18. The molecule has 13 heavy (non-hydrogen) atoms. The van der Waals surface area contributed by atoms with Gasteiger partial charge in [0.2, 0.25) is 0 Å². The molecule has 0 saturated heterocycles. The van der Waals surface area contributed by atoms with Crippen LogP contribution >= 0.6 is 8.69 Å². The van der Waals surface area contributed by atoms with E-state index in [1.54, 1.807) is 6.07 Å². The summed E-state index contributed by atoms with van der Waals surface area (Å²) in [6, 6.07) is 6.47. The van der Waals surface area contributed by atoms with Crippen molar-refractivity contribution in [2.45, 2.75) is 6.61 Å². The molecule has 0 saturated carbocycles. The highest BCUT2D eigenvalue weighted by Gasteiger charge is 2.04. The van der Waals surface area contributed by atoms with Gasteiger partial charge in [-0.05, 0) is 17.7 Å². The van der Waals surface area contributed by atoms with Crippen LogP contribution in [0, 0.1) is 11.3 Å². The minimum atomic E-state index is -0.515. The molecule has 1 N–H and O–H groups in total. The van der Waals surface area contributed by atoms with E-state index in [4.69, 9.17) is 10.4 Å². The van der Waals surface area contributed by atoms with Crippen LogP contribution < -0.4 is 4.52 Å². The number of hydrogen-bond donors (Lipinski definition) is 1. The first-order valence-electron chi connectivity index (χ1n) is 3.45. The Morgan fingerprint density at radius 3 is 2.92 bits per heavy atom. The van der Waals surface area contributed by atoms with E-state index in [2.05, 4.69) is 4.52 Å². The van der Waals surface area contributed by atoms with Gasteiger partial charge in [-0.2, -0.15) is 5.26 Å². The molecule has 0 spiro atoms. The number of hydrogen-bond acceptors (Lipinski definition) is 4. The van der Waals surface area contributed by atoms with E-state index < -0.39 is 8.69 Å². The van der Waals surface area contributed by atoms with Crippen LogP contribution in [0.1, 0.15) is 11.1 Å². The smallest absolute Gasteiger partial charge is 0.395 e. The average molecular weight is 195 g/mol. The molecule has 1 aromatic carbocycles. The number of rotatable bonds is 3. The van der Waals surface area contributed by atoms with Crippen molar-refractivity contribution in [3.05, 3.63) is 29.3 Å². The zero-order chi connectivity index (χ0) is 9.68. The van der Waals surface area contributed by atoms with Crippen molar-refractivity contribution in [1.82, 2.24) is 0 Å². The second kappa shape index (κ2) is 4.56. The summed E-state index contributed by atoms with van der Waals surface area (Å²) in [5, 5.41) is 17.4. The van der Waals surface area contributed by atoms with Crippen molar-refractivity contribution in [2.75, 3.05) is 0 Å². The maximum atomic E-state index is 10.1. The van der Waals surface area contributed by atoms with E-state index in [1.807, 2.05) is 6.07 Å². The Labute approximate surface area is 76.7 Å². The van der Waals surface area contributed by atoms with Gasteiger partial charge in [0, 0.05) is 0 Å². The Morgan fingerprint density at radius 1 is 1.62 bits per heavy atom. The molecule has 0 atom stereocenters. The lowest BCUT2D eigenvalue weighted by atomic mass is 10.1.